The first-order chi connectivity index (χ1) is 9.31. The van der Waals surface area contributed by atoms with Gasteiger partial charge in [0.25, 0.3) is 0 Å². The lowest BCUT2D eigenvalue weighted by Crippen LogP contribution is -2.06. The van der Waals surface area contributed by atoms with Crippen LogP contribution in [0.15, 0.2) is 24.3 Å². The molecule has 0 fully saturated rings. The quantitative estimate of drug-likeness (QED) is 0.655. The van der Waals surface area contributed by atoms with Crippen molar-refractivity contribution in [3.05, 3.63) is 69.5 Å². The van der Waals surface area contributed by atoms with Crippen molar-refractivity contribution < 1.29 is 13.2 Å². The molecule has 20 heavy (non-hydrogen) atoms. The maximum Gasteiger partial charge on any atom is 0.134 e. The molecule has 106 valence electrons. The minimum absolute atomic E-state index is 0.317. The molecule has 1 atom stereocenters. The third-order valence-electron chi connectivity index (χ3n) is 3.29. The van der Waals surface area contributed by atoms with E-state index in [2.05, 4.69) is 0 Å². The molecule has 0 aromatic heterocycles. The Morgan fingerprint density at radius 3 is 1.70 bits per heavy atom. The summed E-state index contributed by atoms with van der Waals surface area (Å²) in [5, 5.41) is -0.990. The SMILES string of the molecule is Cc1cc(C)c(C(Cl)c2c(F)cc(F)cc2F)c(C)c1. The van der Waals surface area contributed by atoms with Gasteiger partial charge in [-0.3, -0.25) is 0 Å². The largest absolute Gasteiger partial charge is 0.207 e. The number of alkyl halides is 1. The van der Waals surface area contributed by atoms with Crippen molar-refractivity contribution >= 4 is 11.6 Å². The third kappa shape index (κ3) is 2.68. The van der Waals surface area contributed by atoms with Crippen molar-refractivity contribution in [2.45, 2.75) is 26.1 Å². The molecule has 0 heterocycles. The van der Waals surface area contributed by atoms with Crippen molar-refractivity contribution in [3.8, 4) is 0 Å². The number of benzene rings is 2. The van der Waals surface area contributed by atoms with Gasteiger partial charge in [-0.2, -0.15) is 0 Å². The fourth-order valence-electron chi connectivity index (χ4n) is 2.53. The first-order valence-electron chi connectivity index (χ1n) is 6.17. The molecule has 0 aliphatic heterocycles. The Balaban J connectivity index is 2.61. The molecule has 0 N–H and O–H groups in total. The molecule has 2 aromatic carbocycles. The highest BCUT2D eigenvalue weighted by atomic mass is 35.5. The predicted octanol–water partition coefficient (Wildman–Crippen LogP) is 5.36. The average Bonchev–Trinajstić information content (AvgIpc) is 2.25. The van der Waals surface area contributed by atoms with Gasteiger partial charge in [0.2, 0.25) is 0 Å². The van der Waals surface area contributed by atoms with Crippen LogP contribution in [0.1, 0.15) is 33.2 Å². The molecule has 0 amide bonds. The summed E-state index contributed by atoms with van der Waals surface area (Å²) in [6.07, 6.45) is 0. The van der Waals surface area contributed by atoms with E-state index in [-0.39, 0.29) is 5.56 Å². The third-order valence-corrected chi connectivity index (χ3v) is 3.73. The Hall–Kier alpha value is -1.48. The maximum absolute atomic E-state index is 13.8. The summed E-state index contributed by atoms with van der Waals surface area (Å²) < 4.78 is 40.6. The smallest absolute Gasteiger partial charge is 0.134 e. The fraction of sp³-hybridized carbons (Fsp3) is 0.250. The number of aryl methyl sites for hydroxylation is 3. The zero-order valence-electron chi connectivity index (χ0n) is 11.4. The maximum atomic E-state index is 13.8. The van der Waals surface area contributed by atoms with E-state index >= 15 is 0 Å². The molecule has 0 saturated heterocycles. The van der Waals surface area contributed by atoms with Crippen LogP contribution in [-0.2, 0) is 0 Å². The number of rotatable bonds is 2. The lowest BCUT2D eigenvalue weighted by atomic mass is 9.93. The van der Waals surface area contributed by atoms with Crippen molar-refractivity contribution in [3.63, 3.8) is 0 Å². The van der Waals surface area contributed by atoms with E-state index in [1.165, 1.54) is 0 Å². The van der Waals surface area contributed by atoms with Crippen molar-refractivity contribution in [2.24, 2.45) is 0 Å². The van der Waals surface area contributed by atoms with Crippen LogP contribution in [-0.4, -0.2) is 0 Å². The molecule has 0 aliphatic carbocycles. The van der Waals surface area contributed by atoms with Gasteiger partial charge < -0.3 is 0 Å². The topological polar surface area (TPSA) is 0 Å². The number of hydrogen-bond donors (Lipinski definition) is 0. The summed E-state index contributed by atoms with van der Waals surface area (Å²) in [5.41, 5.74) is 3.09. The lowest BCUT2D eigenvalue weighted by molar-refractivity contribution is 0.526. The second-order valence-electron chi connectivity index (χ2n) is 4.96. The summed E-state index contributed by atoms with van der Waals surface area (Å²) in [6.45, 7) is 5.61. The van der Waals surface area contributed by atoms with Gasteiger partial charge in [-0.15, -0.1) is 11.6 Å². The molecule has 4 heteroatoms. The molecular weight excluding hydrogens is 285 g/mol. The first kappa shape index (κ1) is 14.9. The van der Waals surface area contributed by atoms with Gasteiger partial charge in [-0.25, -0.2) is 13.2 Å². The van der Waals surface area contributed by atoms with Crippen molar-refractivity contribution in [2.75, 3.05) is 0 Å². The van der Waals surface area contributed by atoms with Crippen molar-refractivity contribution in [1.29, 1.82) is 0 Å². The Kier molecular flexibility index (Phi) is 4.09. The molecule has 0 nitrogen and oxygen atoms in total. The van der Waals surface area contributed by atoms with Crippen LogP contribution in [0.3, 0.4) is 0 Å². The Labute approximate surface area is 121 Å². The zero-order chi connectivity index (χ0) is 15.0. The van der Waals surface area contributed by atoms with Gasteiger partial charge in [0.15, 0.2) is 0 Å². The Morgan fingerprint density at radius 1 is 0.800 bits per heavy atom. The van der Waals surface area contributed by atoms with Crippen LogP contribution in [0.5, 0.6) is 0 Å². The van der Waals surface area contributed by atoms with Gasteiger partial charge in [-0.05, 0) is 37.5 Å². The van der Waals surface area contributed by atoms with Crippen LogP contribution >= 0.6 is 11.6 Å². The summed E-state index contributed by atoms with van der Waals surface area (Å²) >= 11 is 6.25. The fourth-order valence-corrected chi connectivity index (χ4v) is 3.08. The summed E-state index contributed by atoms with van der Waals surface area (Å²) in [4.78, 5) is 0. The number of halogens is 4. The van der Waals surface area contributed by atoms with Crippen LogP contribution < -0.4 is 0 Å². The molecule has 2 rings (SSSR count). The molecule has 1 unspecified atom stereocenters. The standard InChI is InChI=1S/C16H14ClF3/c1-8-4-9(2)14(10(3)5-8)16(17)15-12(19)6-11(18)7-13(15)20/h4-7,16H,1-3H3. The Morgan fingerprint density at radius 2 is 1.25 bits per heavy atom. The van der Waals surface area contributed by atoms with Crippen molar-refractivity contribution in [1.82, 2.24) is 0 Å². The summed E-state index contributed by atoms with van der Waals surface area (Å²) in [5.74, 6) is -2.89. The van der Waals surface area contributed by atoms with Gasteiger partial charge in [0, 0.05) is 17.7 Å². The van der Waals surface area contributed by atoms with Gasteiger partial charge in [-0.1, -0.05) is 17.7 Å². The second kappa shape index (κ2) is 5.49. The minimum atomic E-state index is -0.990. The molecule has 0 bridgehead atoms. The van der Waals surface area contributed by atoms with E-state index in [1.54, 1.807) is 0 Å². The van der Waals surface area contributed by atoms with Gasteiger partial charge in [0.1, 0.15) is 17.5 Å². The number of hydrogen-bond acceptors (Lipinski definition) is 0. The second-order valence-corrected chi connectivity index (χ2v) is 5.39. The monoisotopic (exact) mass is 298 g/mol. The highest BCUT2D eigenvalue weighted by Crippen LogP contribution is 2.36. The predicted molar refractivity (Wildman–Crippen MR) is 74.7 cm³/mol. The molecular formula is C16H14ClF3. The van der Waals surface area contributed by atoms with Crippen LogP contribution in [0.2, 0.25) is 0 Å². The van der Waals surface area contributed by atoms with E-state index in [0.717, 1.165) is 16.7 Å². The molecule has 0 spiro atoms. The van der Waals surface area contributed by atoms with Crippen LogP contribution in [0, 0.1) is 38.2 Å². The van der Waals surface area contributed by atoms with E-state index < -0.39 is 22.8 Å². The Bertz CT molecular complexity index is 561. The van der Waals surface area contributed by atoms with Gasteiger partial charge in [0.05, 0.1) is 5.38 Å². The van der Waals surface area contributed by atoms with Crippen LogP contribution in [0.25, 0.3) is 0 Å². The molecule has 0 saturated carbocycles. The average molecular weight is 299 g/mol. The highest BCUT2D eigenvalue weighted by Gasteiger charge is 2.23. The minimum Gasteiger partial charge on any atom is -0.207 e. The van der Waals surface area contributed by atoms with Gasteiger partial charge >= 0.3 is 0 Å². The first-order valence-corrected chi connectivity index (χ1v) is 6.61. The molecule has 2 aromatic rings. The van der Waals surface area contributed by atoms with E-state index in [1.807, 2.05) is 32.9 Å². The van der Waals surface area contributed by atoms with E-state index in [9.17, 15) is 13.2 Å². The van der Waals surface area contributed by atoms with E-state index in [4.69, 9.17) is 11.6 Å². The highest BCUT2D eigenvalue weighted by molar-refractivity contribution is 6.22. The zero-order valence-corrected chi connectivity index (χ0v) is 12.2. The summed E-state index contributed by atoms with van der Waals surface area (Å²) in [7, 11) is 0. The van der Waals surface area contributed by atoms with E-state index in [0.29, 0.717) is 17.7 Å². The van der Waals surface area contributed by atoms with Crippen LogP contribution in [0.4, 0.5) is 13.2 Å². The summed E-state index contributed by atoms with van der Waals surface area (Å²) in [6, 6.07) is 5.09. The lowest BCUT2D eigenvalue weighted by Gasteiger charge is -2.18. The normalized spacial score (nSPS) is 12.6. The molecule has 0 radical (unpaired) electrons. The molecule has 0 aliphatic rings.